The van der Waals surface area contributed by atoms with Crippen LogP contribution in [0.1, 0.15) is 48.5 Å². The van der Waals surface area contributed by atoms with E-state index in [9.17, 15) is 19.2 Å². The van der Waals surface area contributed by atoms with Crippen molar-refractivity contribution in [2.75, 3.05) is 13.7 Å². The van der Waals surface area contributed by atoms with Crippen molar-refractivity contribution in [1.29, 1.82) is 0 Å². The van der Waals surface area contributed by atoms with Gasteiger partial charge in [0, 0.05) is 29.3 Å². The molecule has 0 bridgehead atoms. The molecule has 0 spiro atoms. The van der Waals surface area contributed by atoms with Crippen LogP contribution in [0.3, 0.4) is 0 Å². The summed E-state index contributed by atoms with van der Waals surface area (Å²) in [5.41, 5.74) is 9.69. The Morgan fingerprint density at radius 3 is 1.87 bits per heavy atom. The molecule has 0 saturated carbocycles. The summed E-state index contributed by atoms with van der Waals surface area (Å²) in [5, 5.41) is 4.91. The molecule has 0 fully saturated rings. The van der Waals surface area contributed by atoms with E-state index in [2.05, 4.69) is 16.4 Å². The fourth-order valence-corrected chi connectivity index (χ4v) is 2.05. The number of nitrogens with two attached hydrogens (primary N) is 2. The first-order valence-corrected chi connectivity index (χ1v) is 9.38. The van der Waals surface area contributed by atoms with Crippen LogP contribution in [0.4, 0.5) is 0 Å². The van der Waals surface area contributed by atoms with Gasteiger partial charge < -0.3 is 44.2 Å². The second-order valence-electron chi connectivity index (χ2n) is 7.91. The third-order valence-electron chi connectivity index (χ3n) is 3.24. The Kier molecular flexibility index (Phi) is 16.6. The Labute approximate surface area is 199 Å². The van der Waals surface area contributed by atoms with Crippen LogP contribution in [-0.2, 0) is 63.7 Å². The van der Waals surface area contributed by atoms with Crippen molar-refractivity contribution in [3.8, 4) is 0 Å². The SMILES string of the molecule is CC(N)=O.COC(=O)C(NC(=O)CNC(=O)C(N)C(C)(C)[S-])C(C)OC(C)(C)C.[Ta]. The molecular weight excluding hydrogens is 581 g/mol. The minimum absolute atomic E-state index is 0. The van der Waals surface area contributed by atoms with E-state index in [1.807, 2.05) is 20.8 Å². The molecule has 3 amide bonds. The third-order valence-corrected chi connectivity index (χ3v) is 3.49. The van der Waals surface area contributed by atoms with Crippen molar-refractivity contribution in [3.63, 3.8) is 0 Å². The maximum atomic E-state index is 12.1. The van der Waals surface area contributed by atoms with E-state index in [0.29, 0.717) is 0 Å². The zero-order valence-corrected chi connectivity index (χ0v) is 22.9. The largest absolute Gasteiger partial charge is 0.784 e. The molecule has 0 rings (SSSR count). The predicted octanol–water partition coefficient (Wildman–Crippen LogP) is -0.894. The van der Waals surface area contributed by atoms with Crippen LogP contribution < -0.4 is 22.1 Å². The van der Waals surface area contributed by atoms with Crippen molar-refractivity contribution in [2.45, 2.75) is 77.0 Å². The second-order valence-corrected chi connectivity index (χ2v) is 8.97. The summed E-state index contributed by atoms with van der Waals surface area (Å²) in [5.74, 6) is -2.08. The van der Waals surface area contributed by atoms with Gasteiger partial charge in [-0.05, 0) is 27.7 Å². The number of carbonyl (C=O) groups is 4. The number of primary amides is 1. The molecule has 0 saturated heterocycles. The Balaban J connectivity index is -0.00000133. The van der Waals surface area contributed by atoms with Gasteiger partial charge in [-0.2, -0.15) is 0 Å². The van der Waals surface area contributed by atoms with Crippen LogP contribution in [0.2, 0.25) is 0 Å². The molecule has 3 atom stereocenters. The predicted molar refractivity (Wildman–Crippen MR) is 112 cm³/mol. The maximum absolute atomic E-state index is 12.1. The van der Waals surface area contributed by atoms with Crippen molar-refractivity contribution < 1.29 is 51.0 Å². The number of hydrogen-bond acceptors (Lipinski definition) is 8. The fraction of sp³-hybridized carbons (Fsp3) is 0.778. The molecule has 6 N–H and O–H groups in total. The Hall–Kier alpha value is -1.11. The summed E-state index contributed by atoms with van der Waals surface area (Å²) in [7, 11) is 1.22. The van der Waals surface area contributed by atoms with Crippen LogP contribution >= 0.6 is 0 Å². The minimum atomic E-state index is -1.00. The van der Waals surface area contributed by atoms with E-state index in [4.69, 9.17) is 27.8 Å². The molecule has 175 valence electrons. The van der Waals surface area contributed by atoms with Crippen LogP contribution in [-0.4, -0.2) is 65.9 Å². The van der Waals surface area contributed by atoms with Gasteiger partial charge in [-0.15, -0.1) is 4.75 Å². The molecule has 0 aliphatic rings. The molecule has 0 aromatic rings. The number of hydrogen-bond donors (Lipinski definition) is 4. The normalized spacial score (nSPS) is 13.9. The van der Waals surface area contributed by atoms with Gasteiger partial charge in [0.1, 0.15) is 0 Å². The number of esters is 1. The molecule has 0 aromatic carbocycles. The van der Waals surface area contributed by atoms with E-state index >= 15 is 0 Å². The minimum Gasteiger partial charge on any atom is -0.784 e. The topological polar surface area (TPSA) is 163 Å². The van der Waals surface area contributed by atoms with Gasteiger partial charge in [-0.3, -0.25) is 14.4 Å². The summed E-state index contributed by atoms with van der Waals surface area (Å²) in [6, 6.07) is -1.94. The molecule has 0 aliphatic carbocycles. The number of ether oxygens (including phenoxy) is 2. The van der Waals surface area contributed by atoms with E-state index < -0.39 is 46.3 Å². The standard InChI is InChI=1S/C16H31N3O5S.C2H5NO.Ta/c1-9(24-15(2,3)4)11(14(22)23-7)19-10(20)8-18-13(21)12(17)16(5,6)25;1-2(3)4;/h9,11-12,25H,8,17H2,1-7H3,(H,18,21)(H,19,20);1H3,(H2,3,4);/p-1. The Morgan fingerprint density at radius 1 is 1.10 bits per heavy atom. The average molecular weight is 617 g/mol. The summed E-state index contributed by atoms with van der Waals surface area (Å²) in [6.45, 7) is 11.4. The van der Waals surface area contributed by atoms with Crippen LogP contribution in [0, 0.1) is 0 Å². The first-order chi connectivity index (χ1) is 12.9. The quantitative estimate of drug-likeness (QED) is 0.202. The number of amides is 3. The van der Waals surface area contributed by atoms with Gasteiger partial charge in [0.25, 0.3) is 0 Å². The molecule has 0 aliphatic heterocycles. The Bertz CT molecular complexity index is 574. The van der Waals surface area contributed by atoms with E-state index in [1.54, 1.807) is 20.8 Å². The average Bonchev–Trinajstić information content (AvgIpc) is 2.53. The number of nitrogens with one attached hydrogen (secondary N) is 2. The molecule has 12 heteroatoms. The number of carbonyl (C=O) groups excluding carboxylic acids is 4. The van der Waals surface area contributed by atoms with Gasteiger partial charge in [0.2, 0.25) is 17.7 Å². The van der Waals surface area contributed by atoms with E-state index in [0.717, 1.165) is 0 Å². The summed E-state index contributed by atoms with van der Waals surface area (Å²) in [6.07, 6.45) is -0.624. The number of rotatable bonds is 8. The zero-order valence-electron chi connectivity index (χ0n) is 18.9. The summed E-state index contributed by atoms with van der Waals surface area (Å²) >= 11 is 5.10. The maximum Gasteiger partial charge on any atom is 0.331 e. The van der Waals surface area contributed by atoms with E-state index in [1.165, 1.54) is 14.0 Å². The van der Waals surface area contributed by atoms with Crippen molar-refractivity contribution >= 4 is 36.3 Å². The molecule has 1 radical (unpaired) electrons. The molecule has 3 unspecified atom stereocenters. The molecule has 0 heterocycles. The molecule has 30 heavy (non-hydrogen) atoms. The van der Waals surface area contributed by atoms with Gasteiger partial charge in [-0.25, -0.2) is 4.79 Å². The first-order valence-electron chi connectivity index (χ1n) is 8.97. The Morgan fingerprint density at radius 2 is 1.53 bits per heavy atom. The van der Waals surface area contributed by atoms with Crippen LogP contribution in [0.15, 0.2) is 0 Å². The monoisotopic (exact) mass is 616 g/mol. The summed E-state index contributed by atoms with van der Waals surface area (Å²) in [4.78, 5) is 45.1. The van der Waals surface area contributed by atoms with Crippen molar-refractivity contribution in [1.82, 2.24) is 10.6 Å². The van der Waals surface area contributed by atoms with Gasteiger partial charge >= 0.3 is 5.97 Å². The summed E-state index contributed by atoms with van der Waals surface area (Å²) < 4.78 is 9.56. The second kappa shape index (κ2) is 14.8. The van der Waals surface area contributed by atoms with Gasteiger partial charge in [0.15, 0.2) is 6.04 Å². The van der Waals surface area contributed by atoms with Crippen LogP contribution in [0.5, 0.6) is 0 Å². The molecular formula is C18H35N4O6STa-. The molecule has 0 aromatic heterocycles. The van der Waals surface area contributed by atoms with Crippen LogP contribution in [0.25, 0.3) is 0 Å². The zero-order chi connectivity index (χ0) is 23.6. The van der Waals surface area contributed by atoms with Crippen molar-refractivity contribution in [3.05, 3.63) is 0 Å². The number of methoxy groups -OCH3 is 1. The smallest absolute Gasteiger partial charge is 0.331 e. The molecule has 10 nitrogen and oxygen atoms in total. The van der Waals surface area contributed by atoms with Gasteiger partial charge in [-0.1, -0.05) is 13.8 Å². The third kappa shape index (κ3) is 16.7. The van der Waals surface area contributed by atoms with Gasteiger partial charge in [0.05, 0.1) is 31.4 Å². The van der Waals surface area contributed by atoms with Crippen molar-refractivity contribution in [2.24, 2.45) is 11.5 Å². The van der Waals surface area contributed by atoms with E-state index in [-0.39, 0.29) is 34.8 Å². The fourth-order valence-electron chi connectivity index (χ4n) is 1.94. The first kappa shape index (κ1) is 33.5.